The Balaban J connectivity index is 2.41. The molecule has 2 rings (SSSR count). The molecule has 0 spiro atoms. The number of methoxy groups -OCH3 is 2. The molecule has 1 aromatic rings. The first-order chi connectivity index (χ1) is 9.71. The molecule has 0 saturated heterocycles. The van der Waals surface area contributed by atoms with E-state index in [1.165, 1.54) is 0 Å². The molecule has 5 heteroatoms. The Hall–Kier alpha value is -1.91. The highest BCUT2D eigenvalue weighted by Crippen LogP contribution is 2.39. The minimum Gasteiger partial charge on any atom is -0.493 e. The van der Waals surface area contributed by atoms with Crippen molar-refractivity contribution in [3.05, 3.63) is 17.7 Å². The van der Waals surface area contributed by atoms with Crippen LogP contribution in [0.4, 0.5) is 0 Å². The first-order valence-electron chi connectivity index (χ1n) is 6.86. The second kappa shape index (κ2) is 6.50. The third-order valence-electron chi connectivity index (χ3n) is 3.23. The second-order valence-electron chi connectivity index (χ2n) is 4.69. The number of likely N-dealkylation sites (N-methyl/N-ethyl adjacent to an activating group) is 1. The third-order valence-corrected chi connectivity index (χ3v) is 3.23. The zero-order chi connectivity index (χ0) is 14.5. The van der Waals surface area contributed by atoms with Gasteiger partial charge in [0, 0.05) is 19.2 Å². The molecule has 0 unspecified atom stereocenters. The Labute approximate surface area is 120 Å². The number of hydrogen-bond donors (Lipinski definition) is 0. The number of rotatable bonds is 6. The van der Waals surface area contributed by atoms with Crippen LogP contribution in [0.2, 0.25) is 0 Å². The highest BCUT2D eigenvalue weighted by molar-refractivity contribution is 6.00. The molecule has 0 N–H and O–H groups in total. The summed E-state index contributed by atoms with van der Waals surface area (Å²) in [6, 6.07) is 3.91. The highest BCUT2D eigenvalue weighted by atomic mass is 16.5. The minimum absolute atomic E-state index is 0.632. The summed E-state index contributed by atoms with van der Waals surface area (Å²) in [5.41, 5.74) is 0.988. The van der Waals surface area contributed by atoms with Crippen LogP contribution in [0.25, 0.3) is 0 Å². The van der Waals surface area contributed by atoms with Gasteiger partial charge in [0.1, 0.15) is 5.84 Å². The van der Waals surface area contributed by atoms with Gasteiger partial charge in [-0.3, -0.25) is 4.99 Å². The minimum atomic E-state index is 0.632. The standard InChI is InChI=1S/C15H22N2O3/c1-5-8-20-14-12(18-3)9-11(10-13(14)19-4)15-16-6-7-17(15)2/h9-10H,5-8H2,1-4H3. The molecule has 110 valence electrons. The van der Waals surface area contributed by atoms with Gasteiger partial charge in [-0.1, -0.05) is 6.92 Å². The Morgan fingerprint density at radius 2 is 1.85 bits per heavy atom. The van der Waals surface area contributed by atoms with E-state index in [1.54, 1.807) is 14.2 Å². The van der Waals surface area contributed by atoms with Crippen molar-refractivity contribution in [1.82, 2.24) is 4.90 Å². The van der Waals surface area contributed by atoms with Gasteiger partial charge in [-0.2, -0.15) is 0 Å². The van der Waals surface area contributed by atoms with Crippen LogP contribution in [0.1, 0.15) is 18.9 Å². The van der Waals surface area contributed by atoms with Crippen LogP contribution in [-0.2, 0) is 0 Å². The predicted octanol–water partition coefficient (Wildman–Crippen LogP) is 2.18. The van der Waals surface area contributed by atoms with E-state index in [9.17, 15) is 0 Å². The van der Waals surface area contributed by atoms with E-state index >= 15 is 0 Å². The molecule has 0 atom stereocenters. The molecule has 0 aliphatic carbocycles. The summed E-state index contributed by atoms with van der Waals surface area (Å²) < 4.78 is 16.6. The molecule has 1 aromatic carbocycles. The molecule has 1 heterocycles. The Kier molecular flexibility index (Phi) is 4.71. The largest absolute Gasteiger partial charge is 0.493 e. The van der Waals surface area contributed by atoms with Gasteiger partial charge < -0.3 is 19.1 Å². The molecule has 1 aliphatic heterocycles. The van der Waals surface area contributed by atoms with Crippen molar-refractivity contribution in [2.45, 2.75) is 13.3 Å². The Morgan fingerprint density at radius 3 is 2.30 bits per heavy atom. The summed E-state index contributed by atoms with van der Waals surface area (Å²) >= 11 is 0. The van der Waals surface area contributed by atoms with E-state index in [2.05, 4.69) is 16.8 Å². The maximum absolute atomic E-state index is 5.74. The number of ether oxygens (including phenoxy) is 3. The smallest absolute Gasteiger partial charge is 0.203 e. The fraction of sp³-hybridized carbons (Fsp3) is 0.533. The molecule has 0 aromatic heterocycles. The lowest BCUT2D eigenvalue weighted by Crippen LogP contribution is -2.23. The molecule has 0 radical (unpaired) electrons. The van der Waals surface area contributed by atoms with Crippen LogP contribution in [0, 0.1) is 0 Å². The van der Waals surface area contributed by atoms with Crippen molar-refractivity contribution in [2.24, 2.45) is 4.99 Å². The van der Waals surface area contributed by atoms with Gasteiger partial charge >= 0.3 is 0 Å². The highest BCUT2D eigenvalue weighted by Gasteiger charge is 2.20. The van der Waals surface area contributed by atoms with E-state index in [4.69, 9.17) is 14.2 Å². The molecule has 0 saturated carbocycles. The Morgan fingerprint density at radius 1 is 1.20 bits per heavy atom. The summed E-state index contributed by atoms with van der Waals surface area (Å²) in [4.78, 5) is 6.65. The lowest BCUT2D eigenvalue weighted by atomic mass is 10.1. The van der Waals surface area contributed by atoms with Crippen LogP contribution in [-0.4, -0.2) is 51.7 Å². The quantitative estimate of drug-likeness (QED) is 0.800. The van der Waals surface area contributed by atoms with Crippen molar-refractivity contribution >= 4 is 5.84 Å². The lowest BCUT2D eigenvalue weighted by Gasteiger charge is -2.18. The first kappa shape index (κ1) is 14.5. The lowest BCUT2D eigenvalue weighted by molar-refractivity contribution is 0.274. The van der Waals surface area contributed by atoms with Crippen LogP contribution >= 0.6 is 0 Å². The van der Waals surface area contributed by atoms with E-state index in [0.29, 0.717) is 23.9 Å². The maximum Gasteiger partial charge on any atom is 0.203 e. The fourth-order valence-corrected chi connectivity index (χ4v) is 2.20. The number of amidine groups is 1. The van der Waals surface area contributed by atoms with Crippen LogP contribution in [0.3, 0.4) is 0 Å². The first-order valence-corrected chi connectivity index (χ1v) is 6.86. The van der Waals surface area contributed by atoms with Crippen LogP contribution < -0.4 is 14.2 Å². The fourth-order valence-electron chi connectivity index (χ4n) is 2.20. The molecule has 0 bridgehead atoms. The van der Waals surface area contributed by atoms with E-state index < -0.39 is 0 Å². The number of benzene rings is 1. The third kappa shape index (κ3) is 2.81. The second-order valence-corrected chi connectivity index (χ2v) is 4.69. The SMILES string of the molecule is CCCOc1c(OC)cc(C2=NCCN2C)cc1OC. The van der Waals surface area contributed by atoms with Gasteiger partial charge in [-0.05, 0) is 18.6 Å². The topological polar surface area (TPSA) is 43.3 Å². The normalized spacial score (nSPS) is 14.2. The molecular formula is C15H22N2O3. The zero-order valence-corrected chi connectivity index (χ0v) is 12.6. The van der Waals surface area contributed by atoms with Crippen LogP contribution in [0.5, 0.6) is 17.2 Å². The van der Waals surface area contributed by atoms with E-state index in [-0.39, 0.29) is 0 Å². The molecule has 0 fully saturated rings. The molecule has 0 amide bonds. The summed E-state index contributed by atoms with van der Waals surface area (Å²) in [7, 11) is 5.31. The average Bonchev–Trinajstić information content (AvgIpc) is 2.90. The van der Waals surface area contributed by atoms with Crippen LogP contribution in [0.15, 0.2) is 17.1 Å². The number of aliphatic imine (C=N–C) groups is 1. The van der Waals surface area contributed by atoms with Gasteiger partial charge in [0.25, 0.3) is 0 Å². The predicted molar refractivity (Wildman–Crippen MR) is 79.4 cm³/mol. The van der Waals surface area contributed by atoms with Crippen molar-refractivity contribution in [3.63, 3.8) is 0 Å². The molecule has 1 aliphatic rings. The van der Waals surface area contributed by atoms with Crippen molar-refractivity contribution < 1.29 is 14.2 Å². The summed E-state index contributed by atoms with van der Waals surface area (Å²) in [6.07, 6.45) is 0.934. The number of nitrogens with zero attached hydrogens (tertiary/aromatic N) is 2. The Bertz CT molecular complexity index is 475. The average molecular weight is 278 g/mol. The van der Waals surface area contributed by atoms with Gasteiger partial charge in [-0.25, -0.2) is 0 Å². The summed E-state index contributed by atoms with van der Waals surface area (Å²) in [5, 5.41) is 0. The van der Waals surface area contributed by atoms with Crippen molar-refractivity contribution in [2.75, 3.05) is 41.0 Å². The number of hydrogen-bond acceptors (Lipinski definition) is 5. The van der Waals surface area contributed by atoms with Gasteiger partial charge in [0.15, 0.2) is 11.5 Å². The van der Waals surface area contributed by atoms with E-state index in [0.717, 1.165) is 30.9 Å². The molecular weight excluding hydrogens is 256 g/mol. The monoisotopic (exact) mass is 278 g/mol. The summed E-state index contributed by atoms with van der Waals surface area (Å²) in [5.74, 6) is 2.97. The molecule has 20 heavy (non-hydrogen) atoms. The zero-order valence-electron chi connectivity index (χ0n) is 12.6. The van der Waals surface area contributed by atoms with E-state index in [1.807, 2.05) is 19.2 Å². The van der Waals surface area contributed by atoms with Gasteiger partial charge in [0.2, 0.25) is 5.75 Å². The maximum atomic E-state index is 5.74. The van der Waals surface area contributed by atoms with Crippen molar-refractivity contribution in [3.8, 4) is 17.2 Å². The van der Waals surface area contributed by atoms with Gasteiger partial charge in [0.05, 0.1) is 27.4 Å². The van der Waals surface area contributed by atoms with Crippen molar-refractivity contribution in [1.29, 1.82) is 0 Å². The summed E-state index contributed by atoms with van der Waals surface area (Å²) in [6.45, 7) is 4.46. The molecule has 5 nitrogen and oxygen atoms in total. The van der Waals surface area contributed by atoms with Gasteiger partial charge in [-0.15, -0.1) is 0 Å².